The highest BCUT2D eigenvalue weighted by molar-refractivity contribution is 6.00. The maximum absolute atomic E-state index is 6.17. The van der Waals surface area contributed by atoms with Crippen molar-refractivity contribution in [1.82, 2.24) is 15.2 Å². The van der Waals surface area contributed by atoms with Gasteiger partial charge in [0.25, 0.3) is 0 Å². The summed E-state index contributed by atoms with van der Waals surface area (Å²) in [5.41, 5.74) is 10.1. The highest BCUT2D eigenvalue weighted by Gasteiger charge is 2.12. The minimum atomic E-state index is 0.527. The highest BCUT2D eigenvalue weighted by Crippen LogP contribution is 2.35. The molecule has 0 saturated carbocycles. The number of aromatic nitrogens is 3. The van der Waals surface area contributed by atoms with E-state index in [1.807, 2.05) is 84.9 Å². The number of rotatable bonds is 6. The Morgan fingerprint density at radius 1 is 0.730 bits per heavy atom. The van der Waals surface area contributed by atoms with E-state index in [9.17, 15) is 0 Å². The molecule has 0 atom stereocenters. The minimum Gasteiger partial charge on any atom is -0.495 e. The van der Waals surface area contributed by atoms with Crippen LogP contribution in [0.3, 0.4) is 0 Å². The Balaban J connectivity index is 1.27. The molecule has 0 radical (unpaired) electrons. The summed E-state index contributed by atoms with van der Waals surface area (Å²) in [5.74, 6) is 2.62. The third kappa shape index (κ3) is 4.34. The number of hydrogen-bond donors (Lipinski definition) is 2. The summed E-state index contributed by atoms with van der Waals surface area (Å²) < 4.78 is 11.5. The molecule has 37 heavy (non-hydrogen) atoms. The van der Waals surface area contributed by atoms with E-state index in [0.717, 1.165) is 38.6 Å². The summed E-state index contributed by atoms with van der Waals surface area (Å²) in [6, 6.07) is 31.3. The number of ether oxygens (including phenoxy) is 2. The number of hydrogen-bond acceptors (Lipinski definition) is 7. The van der Waals surface area contributed by atoms with Crippen LogP contribution in [0.1, 0.15) is 0 Å². The van der Waals surface area contributed by atoms with Gasteiger partial charge < -0.3 is 20.5 Å². The van der Waals surface area contributed by atoms with Crippen LogP contribution in [0.5, 0.6) is 17.2 Å². The maximum Gasteiger partial charge on any atom is 0.161 e. The van der Waals surface area contributed by atoms with Gasteiger partial charge in [-0.2, -0.15) is 0 Å². The summed E-state index contributed by atoms with van der Waals surface area (Å²) in [6.07, 6.45) is 1.70. The standard InChI is InChI=1S/C30H23N5O2/c1-36-28-18-26-24(17-25(28)31)27(15-16-32-26)37-21-13-11-20(12-14-21)33-30-23-10-6-5-9-22(23)29(34-35-30)19-7-3-2-4-8-19/h2-18H,31H2,1H3,(H,33,35). The number of anilines is 3. The van der Waals surface area contributed by atoms with E-state index in [-0.39, 0.29) is 0 Å². The molecule has 3 N–H and O–H groups in total. The Labute approximate surface area is 213 Å². The minimum absolute atomic E-state index is 0.527. The van der Waals surface area contributed by atoms with Crippen molar-refractivity contribution in [3.63, 3.8) is 0 Å². The highest BCUT2D eigenvalue weighted by atomic mass is 16.5. The van der Waals surface area contributed by atoms with Crippen LogP contribution in [0, 0.1) is 0 Å². The van der Waals surface area contributed by atoms with E-state index in [0.29, 0.717) is 28.8 Å². The summed E-state index contributed by atoms with van der Waals surface area (Å²) in [7, 11) is 1.58. The summed E-state index contributed by atoms with van der Waals surface area (Å²) in [5, 5.41) is 15.3. The zero-order valence-electron chi connectivity index (χ0n) is 20.1. The van der Waals surface area contributed by atoms with E-state index in [2.05, 4.69) is 26.6 Å². The zero-order chi connectivity index (χ0) is 25.2. The largest absolute Gasteiger partial charge is 0.495 e. The number of fused-ring (bicyclic) bond motifs is 2. The first-order chi connectivity index (χ1) is 18.2. The fourth-order valence-electron chi connectivity index (χ4n) is 4.31. The first-order valence-corrected chi connectivity index (χ1v) is 11.8. The quantitative estimate of drug-likeness (QED) is 0.246. The molecule has 0 saturated heterocycles. The molecular weight excluding hydrogens is 462 g/mol. The molecule has 0 aliphatic carbocycles. The van der Waals surface area contributed by atoms with Crippen LogP contribution in [0.15, 0.2) is 103 Å². The van der Waals surface area contributed by atoms with Gasteiger partial charge in [-0.15, -0.1) is 10.2 Å². The topological polar surface area (TPSA) is 95.2 Å². The van der Waals surface area contributed by atoms with Crippen molar-refractivity contribution in [3.8, 4) is 28.5 Å². The number of benzene rings is 4. The SMILES string of the molecule is COc1cc2nccc(Oc3ccc(Nc4nnc(-c5ccccc5)c5ccccc45)cc3)c2cc1N. The molecule has 0 aliphatic rings. The van der Waals surface area contributed by atoms with Gasteiger partial charge in [-0.1, -0.05) is 54.6 Å². The van der Waals surface area contributed by atoms with Crippen LogP contribution in [0.4, 0.5) is 17.2 Å². The number of nitrogens with two attached hydrogens (primary N) is 1. The Hall–Kier alpha value is -5.17. The summed E-state index contributed by atoms with van der Waals surface area (Å²) >= 11 is 0. The Bertz CT molecular complexity index is 1720. The van der Waals surface area contributed by atoms with Gasteiger partial charge in [0.05, 0.1) is 18.3 Å². The van der Waals surface area contributed by atoms with Crippen molar-refractivity contribution in [2.24, 2.45) is 0 Å². The Morgan fingerprint density at radius 2 is 1.49 bits per heavy atom. The number of nitrogens with one attached hydrogen (secondary N) is 1. The van der Waals surface area contributed by atoms with Gasteiger partial charge in [-0.25, -0.2) is 0 Å². The molecule has 6 rings (SSSR count). The third-order valence-corrected chi connectivity index (χ3v) is 6.13. The van der Waals surface area contributed by atoms with Crippen LogP contribution in [-0.4, -0.2) is 22.3 Å². The Morgan fingerprint density at radius 3 is 2.27 bits per heavy atom. The van der Waals surface area contributed by atoms with Gasteiger partial charge in [-0.05, 0) is 36.4 Å². The van der Waals surface area contributed by atoms with Crippen molar-refractivity contribution in [2.75, 3.05) is 18.2 Å². The first-order valence-electron chi connectivity index (χ1n) is 11.8. The zero-order valence-corrected chi connectivity index (χ0v) is 20.1. The van der Waals surface area contributed by atoms with Crippen LogP contribution in [0.2, 0.25) is 0 Å². The number of nitrogens with zero attached hydrogens (tertiary/aromatic N) is 3. The molecule has 0 aliphatic heterocycles. The fraction of sp³-hybridized carbons (Fsp3) is 0.0333. The monoisotopic (exact) mass is 485 g/mol. The average Bonchev–Trinajstić information content (AvgIpc) is 2.95. The van der Waals surface area contributed by atoms with E-state index < -0.39 is 0 Å². The predicted molar refractivity (Wildman–Crippen MR) is 147 cm³/mol. The lowest BCUT2D eigenvalue weighted by Crippen LogP contribution is -1.99. The van der Waals surface area contributed by atoms with Gasteiger partial charge in [-0.3, -0.25) is 4.98 Å². The van der Waals surface area contributed by atoms with E-state index in [4.69, 9.17) is 15.2 Å². The lowest BCUT2D eigenvalue weighted by molar-refractivity contribution is 0.417. The van der Waals surface area contributed by atoms with Gasteiger partial charge in [0.15, 0.2) is 5.82 Å². The van der Waals surface area contributed by atoms with Crippen LogP contribution in [-0.2, 0) is 0 Å². The number of nitrogen functional groups attached to an aromatic ring is 1. The lowest BCUT2D eigenvalue weighted by Gasteiger charge is -2.13. The molecule has 0 amide bonds. The fourth-order valence-corrected chi connectivity index (χ4v) is 4.31. The van der Waals surface area contributed by atoms with Gasteiger partial charge >= 0.3 is 0 Å². The van der Waals surface area contributed by atoms with Gasteiger partial charge in [0, 0.05) is 39.7 Å². The molecule has 0 unspecified atom stereocenters. The van der Waals surface area contributed by atoms with Gasteiger partial charge in [0.2, 0.25) is 0 Å². The second kappa shape index (κ2) is 9.47. The van der Waals surface area contributed by atoms with Crippen molar-refractivity contribution < 1.29 is 9.47 Å². The van der Waals surface area contributed by atoms with Gasteiger partial charge in [0.1, 0.15) is 22.9 Å². The molecular formula is C30H23N5O2. The van der Waals surface area contributed by atoms with E-state index >= 15 is 0 Å². The second-order valence-corrected chi connectivity index (χ2v) is 8.48. The third-order valence-electron chi connectivity index (χ3n) is 6.13. The lowest BCUT2D eigenvalue weighted by atomic mass is 10.0. The maximum atomic E-state index is 6.17. The normalized spacial score (nSPS) is 10.9. The molecule has 2 aromatic heterocycles. The summed E-state index contributed by atoms with van der Waals surface area (Å²) in [6.45, 7) is 0. The molecule has 0 bridgehead atoms. The van der Waals surface area contributed by atoms with Crippen LogP contribution >= 0.6 is 0 Å². The van der Waals surface area contributed by atoms with Crippen molar-refractivity contribution in [2.45, 2.75) is 0 Å². The van der Waals surface area contributed by atoms with Crippen LogP contribution < -0.4 is 20.5 Å². The molecule has 6 aromatic rings. The Kier molecular flexibility index (Phi) is 5.71. The van der Waals surface area contributed by atoms with E-state index in [1.54, 1.807) is 19.4 Å². The predicted octanol–water partition coefficient (Wildman–Crippen LogP) is 6.97. The molecule has 7 heteroatoms. The van der Waals surface area contributed by atoms with Crippen molar-refractivity contribution >= 4 is 38.9 Å². The number of pyridine rings is 1. The average molecular weight is 486 g/mol. The molecule has 180 valence electrons. The van der Waals surface area contributed by atoms with Crippen molar-refractivity contribution in [1.29, 1.82) is 0 Å². The molecule has 0 spiro atoms. The molecule has 4 aromatic carbocycles. The smallest absolute Gasteiger partial charge is 0.161 e. The molecule has 7 nitrogen and oxygen atoms in total. The van der Waals surface area contributed by atoms with E-state index in [1.165, 1.54) is 0 Å². The molecule has 0 fully saturated rings. The second-order valence-electron chi connectivity index (χ2n) is 8.48. The molecule has 2 heterocycles. The number of methoxy groups -OCH3 is 1. The van der Waals surface area contributed by atoms with Crippen molar-refractivity contribution in [3.05, 3.63) is 103 Å². The summed E-state index contributed by atoms with van der Waals surface area (Å²) in [4.78, 5) is 4.41. The first kappa shape index (κ1) is 22.3. The van der Waals surface area contributed by atoms with Crippen LogP contribution in [0.25, 0.3) is 32.9 Å².